The molecule has 0 aliphatic heterocycles. The van der Waals surface area contributed by atoms with Crippen LogP contribution in [0.15, 0.2) is 160 Å². The van der Waals surface area contributed by atoms with Crippen molar-refractivity contribution < 1.29 is 9.85 Å². The van der Waals surface area contributed by atoms with E-state index in [4.69, 9.17) is 5.73 Å². The van der Waals surface area contributed by atoms with E-state index in [9.17, 15) is 20.2 Å². The van der Waals surface area contributed by atoms with Gasteiger partial charge >= 0.3 is 0 Å². The first kappa shape index (κ1) is 32.9. The molecule has 0 saturated carbocycles. The van der Waals surface area contributed by atoms with E-state index in [1.165, 1.54) is 17.8 Å². The fourth-order valence-corrected chi connectivity index (χ4v) is 7.08. The highest BCUT2D eigenvalue weighted by Gasteiger charge is 2.16. The van der Waals surface area contributed by atoms with Gasteiger partial charge in [0.15, 0.2) is 0 Å². The van der Waals surface area contributed by atoms with Gasteiger partial charge < -0.3 is 11.1 Å². The lowest BCUT2D eigenvalue weighted by Crippen LogP contribution is -2.02. The molecule has 12 heteroatoms. The summed E-state index contributed by atoms with van der Waals surface area (Å²) in [6.45, 7) is 0.524. The lowest BCUT2D eigenvalue weighted by Gasteiger charge is -2.10. The Hall–Kier alpha value is -5.98. The highest BCUT2D eigenvalue weighted by Crippen LogP contribution is 2.38. The molecule has 5 aromatic carbocycles. The topological polar surface area (TPSA) is 150 Å². The fraction of sp³-hybridized carbons (Fsp3) is 0.0270. The Morgan fingerprint density at radius 2 is 1.18 bits per heavy atom. The SMILES string of the molecule is Nc1cc(Sc2cccc3cnccc23)ccc1[N+](=O)[O-].O=[N+]([O-])c1ccc(Sc2cccc3cnccc23)cc1NCc1ccccc1. The van der Waals surface area contributed by atoms with Crippen molar-refractivity contribution in [1.82, 2.24) is 9.97 Å². The van der Waals surface area contributed by atoms with Crippen LogP contribution in [0, 0.1) is 20.2 Å². The van der Waals surface area contributed by atoms with Gasteiger partial charge in [0.1, 0.15) is 11.4 Å². The maximum absolute atomic E-state index is 11.4. The first-order valence-electron chi connectivity index (χ1n) is 15.0. The van der Waals surface area contributed by atoms with Crippen molar-refractivity contribution in [2.75, 3.05) is 11.1 Å². The van der Waals surface area contributed by atoms with Crippen molar-refractivity contribution in [2.45, 2.75) is 26.1 Å². The van der Waals surface area contributed by atoms with E-state index < -0.39 is 4.92 Å². The number of hydrogen-bond acceptors (Lipinski definition) is 10. The van der Waals surface area contributed by atoms with Gasteiger partial charge in [-0.05, 0) is 64.9 Å². The van der Waals surface area contributed by atoms with Crippen molar-refractivity contribution in [3.05, 3.63) is 166 Å². The molecule has 0 unspecified atom stereocenters. The number of nitrogens with two attached hydrogens (primary N) is 1. The highest BCUT2D eigenvalue weighted by molar-refractivity contribution is 7.99. The molecule has 242 valence electrons. The second-order valence-electron chi connectivity index (χ2n) is 10.7. The number of hydrogen-bond donors (Lipinski definition) is 2. The molecule has 0 bridgehead atoms. The van der Waals surface area contributed by atoms with Crippen molar-refractivity contribution >= 4 is 67.8 Å². The van der Waals surface area contributed by atoms with Crippen LogP contribution in [0.3, 0.4) is 0 Å². The standard InChI is InChI=1S/C22H17N3O2S.C15H11N3O2S/c26-25(27)21-10-9-18(13-20(21)24-14-16-5-2-1-3-6-16)28-22-8-4-7-17-15-23-12-11-19(17)22;16-13-8-11(4-5-14(13)18(19)20)21-15-3-1-2-10-9-17-7-6-12(10)15/h1-13,15,24H,14H2;1-9H,16H2. The molecule has 10 nitrogen and oxygen atoms in total. The maximum atomic E-state index is 11.4. The zero-order chi connectivity index (χ0) is 34.2. The largest absolute Gasteiger partial charge is 0.393 e. The Bertz CT molecular complexity index is 2280. The summed E-state index contributed by atoms with van der Waals surface area (Å²) in [4.78, 5) is 33.6. The molecule has 3 N–H and O–H groups in total. The lowest BCUT2D eigenvalue weighted by molar-refractivity contribution is -0.384. The first-order valence-corrected chi connectivity index (χ1v) is 16.6. The predicted octanol–water partition coefficient (Wildman–Crippen LogP) is 9.78. The monoisotopic (exact) mass is 684 g/mol. The third kappa shape index (κ3) is 8.12. The second-order valence-corrected chi connectivity index (χ2v) is 12.9. The summed E-state index contributed by atoms with van der Waals surface area (Å²) in [5.41, 5.74) is 7.48. The van der Waals surface area contributed by atoms with Gasteiger partial charge in [-0.1, -0.05) is 78.1 Å². The average Bonchev–Trinajstić information content (AvgIpc) is 3.12. The molecule has 0 aliphatic rings. The summed E-state index contributed by atoms with van der Waals surface area (Å²) in [6, 6.07) is 35.7. The number of fused-ring (bicyclic) bond motifs is 2. The van der Waals surface area contributed by atoms with E-state index in [2.05, 4.69) is 15.3 Å². The number of nitrogens with one attached hydrogen (secondary N) is 1. The van der Waals surface area contributed by atoms with Gasteiger partial charge in [0, 0.05) is 73.8 Å². The van der Waals surface area contributed by atoms with Crippen molar-refractivity contribution in [2.24, 2.45) is 0 Å². The highest BCUT2D eigenvalue weighted by atomic mass is 32.2. The van der Waals surface area contributed by atoms with Gasteiger partial charge in [-0.15, -0.1) is 0 Å². The number of anilines is 2. The number of nitro benzene ring substituents is 2. The van der Waals surface area contributed by atoms with Crippen LogP contribution in [0.5, 0.6) is 0 Å². The summed E-state index contributed by atoms with van der Waals surface area (Å²) in [7, 11) is 0. The van der Waals surface area contributed by atoms with Crippen molar-refractivity contribution in [3.8, 4) is 0 Å². The van der Waals surface area contributed by atoms with E-state index in [-0.39, 0.29) is 22.0 Å². The Morgan fingerprint density at radius 3 is 1.73 bits per heavy atom. The Labute approximate surface area is 289 Å². The van der Waals surface area contributed by atoms with Crippen LogP contribution in [-0.2, 0) is 6.54 Å². The van der Waals surface area contributed by atoms with Crippen molar-refractivity contribution in [1.29, 1.82) is 0 Å². The van der Waals surface area contributed by atoms with Gasteiger partial charge in [-0.2, -0.15) is 0 Å². The zero-order valence-corrected chi connectivity index (χ0v) is 27.4. The summed E-state index contributed by atoms with van der Waals surface area (Å²) in [5.74, 6) is 0. The van der Waals surface area contributed by atoms with Crippen LogP contribution in [0.4, 0.5) is 22.7 Å². The Kier molecular flexibility index (Phi) is 10.3. The van der Waals surface area contributed by atoms with Gasteiger partial charge in [0.25, 0.3) is 11.4 Å². The van der Waals surface area contributed by atoms with Crippen LogP contribution < -0.4 is 11.1 Å². The van der Waals surface area contributed by atoms with Crippen LogP contribution in [0.2, 0.25) is 0 Å². The molecule has 0 atom stereocenters. The molecular formula is C37H28N6O4S2. The van der Waals surface area contributed by atoms with Gasteiger partial charge in [0.05, 0.1) is 9.85 Å². The number of nitro groups is 2. The minimum Gasteiger partial charge on any atom is -0.393 e. The number of nitrogen functional groups attached to an aromatic ring is 1. The molecule has 7 aromatic rings. The molecule has 0 amide bonds. The number of benzene rings is 5. The second kappa shape index (κ2) is 15.3. The van der Waals surface area contributed by atoms with Crippen LogP contribution in [0.1, 0.15) is 5.56 Å². The summed E-state index contributed by atoms with van der Waals surface area (Å²) < 4.78 is 0. The van der Waals surface area contributed by atoms with Crippen LogP contribution in [0.25, 0.3) is 21.5 Å². The Morgan fingerprint density at radius 1 is 0.633 bits per heavy atom. The quantitative estimate of drug-likeness (QED) is 0.0854. The third-order valence-electron chi connectivity index (χ3n) is 7.42. The third-order valence-corrected chi connectivity index (χ3v) is 9.55. The molecule has 0 fully saturated rings. The molecule has 0 spiro atoms. The Balaban J connectivity index is 0.000000177. The molecule has 49 heavy (non-hydrogen) atoms. The average molecular weight is 685 g/mol. The van der Waals surface area contributed by atoms with E-state index in [1.54, 1.807) is 48.4 Å². The van der Waals surface area contributed by atoms with Crippen LogP contribution >= 0.6 is 23.5 Å². The molecule has 0 aliphatic carbocycles. The smallest absolute Gasteiger partial charge is 0.292 e. The number of pyridine rings is 2. The molecular weight excluding hydrogens is 657 g/mol. The zero-order valence-electron chi connectivity index (χ0n) is 25.8. The van der Waals surface area contributed by atoms with E-state index in [0.29, 0.717) is 12.2 Å². The minimum atomic E-state index is -0.479. The first-order chi connectivity index (χ1) is 23.9. The van der Waals surface area contributed by atoms with E-state index >= 15 is 0 Å². The summed E-state index contributed by atoms with van der Waals surface area (Å²) in [6.07, 6.45) is 7.16. The fourth-order valence-electron chi connectivity index (χ4n) is 5.05. The van der Waals surface area contributed by atoms with Gasteiger partial charge in [-0.25, -0.2) is 0 Å². The van der Waals surface area contributed by atoms with Gasteiger partial charge in [0.2, 0.25) is 0 Å². The van der Waals surface area contributed by atoms with Crippen molar-refractivity contribution in [3.63, 3.8) is 0 Å². The molecule has 0 saturated heterocycles. The predicted molar refractivity (Wildman–Crippen MR) is 196 cm³/mol. The van der Waals surface area contributed by atoms with Gasteiger partial charge in [-0.3, -0.25) is 30.2 Å². The molecule has 2 heterocycles. The molecule has 0 radical (unpaired) electrons. The molecule has 2 aromatic heterocycles. The lowest BCUT2D eigenvalue weighted by atomic mass is 10.2. The summed E-state index contributed by atoms with van der Waals surface area (Å²) >= 11 is 3.10. The normalized spacial score (nSPS) is 10.7. The summed E-state index contributed by atoms with van der Waals surface area (Å²) in [5, 5.41) is 29.7. The van der Waals surface area contributed by atoms with Crippen LogP contribution in [-0.4, -0.2) is 19.8 Å². The van der Waals surface area contributed by atoms with E-state index in [0.717, 1.165) is 46.7 Å². The minimum absolute atomic E-state index is 0.0681. The number of aromatic nitrogens is 2. The number of rotatable bonds is 9. The van der Waals surface area contributed by atoms with E-state index in [1.807, 2.05) is 97.3 Å². The molecule has 7 rings (SSSR count). The number of nitrogens with zero attached hydrogens (tertiary/aromatic N) is 4. The maximum Gasteiger partial charge on any atom is 0.292 e.